The molecule has 2 aromatic rings. The zero-order chi connectivity index (χ0) is 17.9. The van der Waals surface area contributed by atoms with E-state index in [1.807, 2.05) is 0 Å². The molecular weight excluding hydrogens is 345 g/mol. The van der Waals surface area contributed by atoms with Crippen LogP contribution in [0.25, 0.3) is 0 Å². The Morgan fingerprint density at radius 3 is 2.12 bits per heavy atom. The van der Waals surface area contributed by atoms with E-state index in [0.29, 0.717) is 11.0 Å². The van der Waals surface area contributed by atoms with E-state index < -0.39 is 29.2 Å². The smallest absolute Gasteiger partial charge is 0.417 e. The molecule has 0 atom stereocenters. The molecule has 8 heteroatoms. The minimum absolute atomic E-state index is 0.127. The molecule has 0 heterocycles. The summed E-state index contributed by atoms with van der Waals surface area (Å²) in [6, 6.07) is 8.69. The molecule has 0 radical (unpaired) electrons. The monoisotopic (exact) mass is 356 g/mol. The molecular formula is C16H11F3O4S. The highest BCUT2D eigenvalue weighted by Crippen LogP contribution is 2.40. The molecule has 0 aliphatic rings. The first-order valence-electron chi connectivity index (χ1n) is 6.53. The van der Waals surface area contributed by atoms with Crippen molar-refractivity contribution >= 4 is 23.7 Å². The van der Waals surface area contributed by atoms with Gasteiger partial charge in [-0.05, 0) is 42.5 Å². The molecule has 0 bridgehead atoms. The van der Waals surface area contributed by atoms with Crippen LogP contribution in [0.1, 0.15) is 26.3 Å². The van der Waals surface area contributed by atoms with Gasteiger partial charge in [0.1, 0.15) is 0 Å². The van der Waals surface area contributed by atoms with Gasteiger partial charge in [-0.1, -0.05) is 11.8 Å². The summed E-state index contributed by atoms with van der Waals surface area (Å²) in [5, 5.41) is 8.84. The summed E-state index contributed by atoms with van der Waals surface area (Å²) in [6.45, 7) is 0. The molecule has 1 N–H and O–H groups in total. The molecule has 126 valence electrons. The molecule has 2 aromatic carbocycles. The lowest BCUT2D eigenvalue weighted by atomic mass is 10.1. The second-order valence-electron chi connectivity index (χ2n) is 4.63. The lowest BCUT2D eigenvalue weighted by Crippen LogP contribution is -2.09. The van der Waals surface area contributed by atoms with Crippen LogP contribution >= 0.6 is 11.8 Å². The number of carboxylic acid groups (broad SMARTS) is 1. The molecule has 0 saturated heterocycles. The van der Waals surface area contributed by atoms with Gasteiger partial charge in [-0.2, -0.15) is 13.2 Å². The first-order valence-corrected chi connectivity index (χ1v) is 7.35. The number of ether oxygens (including phenoxy) is 1. The summed E-state index contributed by atoms with van der Waals surface area (Å²) in [5.74, 6) is -1.98. The van der Waals surface area contributed by atoms with Gasteiger partial charge in [0.2, 0.25) is 0 Å². The summed E-state index contributed by atoms with van der Waals surface area (Å²) in [7, 11) is 1.23. The quantitative estimate of drug-likeness (QED) is 0.826. The van der Waals surface area contributed by atoms with Crippen molar-refractivity contribution in [1.29, 1.82) is 0 Å². The van der Waals surface area contributed by atoms with Crippen LogP contribution in [0, 0.1) is 0 Å². The third-order valence-electron chi connectivity index (χ3n) is 3.04. The molecule has 0 unspecified atom stereocenters. The zero-order valence-electron chi connectivity index (χ0n) is 12.3. The van der Waals surface area contributed by atoms with Crippen molar-refractivity contribution in [3.63, 3.8) is 0 Å². The van der Waals surface area contributed by atoms with Crippen LogP contribution in [0.4, 0.5) is 13.2 Å². The maximum absolute atomic E-state index is 13.1. The number of halogens is 3. The van der Waals surface area contributed by atoms with Crippen LogP contribution < -0.4 is 0 Å². The number of hydrogen-bond donors (Lipinski definition) is 1. The second kappa shape index (κ2) is 6.96. The number of alkyl halides is 3. The van der Waals surface area contributed by atoms with E-state index in [0.717, 1.165) is 23.9 Å². The third kappa shape index (κ3) is 4.08. The Morgan fingerprint density at radius 2 is 1.62 bits per heavy atom. The van der Waals surface area contributed by atoms with E-state index in [-0.39, 0.29) is 10.5 Å². The summed E-state index contributed by atoms with van der Waals surface area (Å²) >= 11 is 0.824. The standard InChI is InChI=1S/C16H11F3O4S/c1-23-15(22)9-2-5-11(6-3-9)24-13-7-4-10(14(20)21)8-12(13)16(17,18)19/h2-8H,1H3,(H,20,21). The molecule has 0 saturated carbocycles. The largest absolute Gasteiger partial charge is 0.478 e. The topological polar surface area (TPSA) is 63.6 Å². The van der Waals surface area contributed by atoms with Crippen molar-refractivity contribution in [2.24, 2.45) is 0 Å². The van der Waals surface area contributed by atoms with Gasteiger partial charge < -0.3 is 9.84 Å². The predicted molar refractivity (Wildman–Crippen MR) is 80.3 cm³/mol. The van der Waals surface area contributed by atoms with Crippen LogP contribution in [0.2, 0.25) is 0 Å². The number of esters is 1. The Morgan fingerprint density at radius 1 is 1.04 bits per heavy atom. The lowest BCUT2D eigenvalue weighted by Gasteiger charge is -2.13. The number of carbonyl (C=O) groups is 2. The van der Waals surface area contributed by atoms with Gasteiger partial charge in [-0.25, -0.2) is 9.59 Å². The van der Waals surface area contributed by atoms with Crippen molar-refractivity contribution in [3.8, 4) is 0 Å². The number of carboxylic acids is 1. The molecule has 0 fully saturated rings. The molecule has 0 aliphatic carbocycles. The second-order valence-corrected chi connectivity index (χ2v) is 5.75. The lowest BCUT2D eigenvalue weighted by molar-refractivity contribution is -0.139. The van der Waals surface area contributed by atoms with Crippen molar-refractivity contribution < 1.29 is 32.6 Å². The summed E-state index contributed by atoms with van der Waals surface area (Å²) in [5.41, 5.74) is -1.18. The number of aromatic carboxylic acids is 1. The Kier molecular flexibility index (Phi) is 5.18. The van der Waals surface area contributed by atoms with Gasteiger partial charge in [-0.3, -0.25) is 0 Å². The molecule has 0 spiro atoms. The van der Waals surface area contributed by atoms with Gasteiger partial charge in [0.25, 0.3) is 0 Å². The highest BCUT2D eigenvalue weighted by atomic mass is 32.2. The minimum atomic E-state index is -4.68. The molecule has 24 heavy (non-hydrogen) atoms. The number of methoxy groups -OCH3 is 1. The van der Waals surface area contributed by atoms with Crippen LogP contribution in [-0.2, 0) is 10.9 Å². The van der Waals surface area contributed by atoms with Gasteiger partial charge in [0, 0.05) is 9.79 Å². The van der Waals surface area contributed by atoms with Gasteiger partial charge in [-0.15, -0.1) is 0 Å². The normalized spacial score (nSPS) is 11.2. The van der Waals surface area contributed by atoms with E-state index in [9.17, 15) is 22.8 Å². The molecule has 2 rings (SSSR count). The van der Waals surface area contributed by atoms with Crippen LogP contribution in [0.3, 0.4) is 0 Å². The number of benzene rings is 2. The fraction of sp³-hybridized carbons (Fsp3) is 0.125. The highest BCUT2D eigenvalue weighted by molar-refractivity contribution is 7.99. The Labute approximate surface area is 139 Å². The van der Waals surface area contributed by atoms with Crippen LogP contribution in [0.5, 0.6) is 0 Å². The first-order chi connectivity index (χ1) is 11.2. The maximum Gasteiger partial charge on any atom is 0.417 e. The molecule has 0 amide bonds. The first kappa shape index (κ1) is 17.9. The Balaban J connectivity index is 2.35. The minimum Gasteiger partial charge on any atom is -0.478 e. The van der Waals surface area contributed by atoms with E-state index >= 15 is 0 Å². The van der Waals surface area contributed by atoms with Crippen molar-refractivity contribution in [2.45, 2.75) is 16.0 Å². The Hall–Kier alpha value is -2.48. The maximum atomic E-state index is 13.1. The Bertz CT molecular complexity index is 770. The van der Waals surface area contributed by atoms with E-state index in [1.165, 1.54) is 31.4 Å². The SMILES string of the molecule is COC(=O)c1ccc(Sc2ccc(C(=O)O)cc2C(F)(F)F)cc1. The van der Waals surface area contributed by atoms with E-state index in [1.54, 1.807) is 0 Å². The van der Waals surface area contributed by atoms with Crippen LogP contribution in [-0.4, -0.2) is 24.2 Å². The van der Waals surface area contributed by atoms with Gasteiger partial charge in [0.15, 0.2) is 0 Å². The summed E-state index contributed by atoms with van der Waals surface area (Å²) in [6.07, 6.45) is -4.68. The van der Waals surface area contributed by atoms with Crippen molar-refractivity contribution in [1.82, 2.24) is 0 Å². The van der Waals surface area contributed by atoms with Crippen molar-refractivity contribution in [2.75, 3.05) is 7.11 Å². The predicted octanol–water partition coefficient (Wildman–Crippen LogP) is 4.34. The third-order valence-corrected chi connectivity index (χ3v) is 4.12. The summed E-state index contributed by atoms with van der Waals surface area (Å²) in [4.78, 5) is 22.5. The molecule has 0 aliphatic heterocycles. The van der Waals surface area contributed by atoms with Gasteiger partial charge >= 0.3 is 18.1 Å². The summed E-state index contributed by atoms with van der Waals surface area (Å²) < 4.78 is 44.0. The molecule has 4 nitrogen and oxygen atoms in total. The van der Waals surface area contributed by atoms with Gasteiger partial charge in [0.05, 0.1) is 23.8 Å². The van der Waals surface area contributed by atoms with E-state index in [4.69, 9.17) is 5.11 Å². The fourth-order valence-corrected chi connectivity index (χ4v) is 2.82. The van der Waals surface area contributed by atoms with E-state index in [2.05, 4.69) is 4.74 Å². The number of hydrogen-bond acceptors (Lipinski definition) is 4. The van der Waals surface area contributed by atoms with Crippen molar-refractivity contribution in [3.05, 3.63) is 59.2 Å². The highest BCUT2D eigenvalue weighted by Gasteiger charge is 2.34. The molecule has 0 aromatic heterocycles. The zero-order valence-corrected chi connectivity index (χ0v) is 13.1. The van der Waals surface area contributed by atoms with Crippen LogP contribution in [0.15, 0.2) is 52.3 Å². The average molecular weight is 356 g/mol. The average Bonchev–Trinajstić information content (AvgIpc) is 2.54. The number of carbonyl (C=O) groups excluding carboxylic acids is 1. The number of rotatable bonds is 4. The fourth-order valence-electron chi connectivity index (χ4n) is 1.88.